The Kier molecular flexibility index (Phi) is 6.40. The second-order valence-corrected chi connectivity index (χ2v) is 10.2. The highest BCUT2D eigenvalue weighted by Gasteiger charge is 2.30. The first kappa shape index (κ1) is 23.9. The first-order valence-corrected chi connectivity index (χ1v) is 12.7. The van der Waals surface area contributed by atoms with Crippen LogP contribution in [0.1, 0.15) is 48.8 Å². The van der Waals surface area contributed by atoms with Gasteiger partial charge in [-0.15, -0.1) is 0 Å². The van der Waals surface area contributed by atoms with Gasteiger partial charge in [0.15, 0.2) is 5.13 Å². The Balaban J connectivity index is 1.65. The molecule has 184 valence electrons. The number of pyridine rings is 1. The highest BCUT2D eigenvalue weighted by molar-refractivity contribution is 7.19. The van der Waals surface area contributed by atoms with Crippen molar-refractivity contribution in [1.29, 1.82) is 0 Å². The van der Waals surface area contributed by atoms with Gasteiger partial charge in [0.2, 0.25) is 5.91 Å². The van der Waals surface area contributed by atoms with E-state index in [2.05, 4.69) is 40.6 Å². The summed E-state index contributed by atoms with van der Waals surface area (Å²) in [7, 11) is 0. The van der Waals surface area contributed by atoms with Gasteiger partial charge in [0.1, 0.15) is 6.10 Å². The molecule has 0 radical (unpaired) electrons. The van der Waals surface area contributed by atoms with Gasteiger partial charge in [-0.25, -0.2) is 9.67 Å². The summed E-state index contributed by atoms with van der Waals surface area (Å²) in [5.74, 6) is -0.129. The van der Waals surface area contributed by atoms with Crippen LogP contribution >= 0.6 is 11.3 Å². The molecule has 0 spiro atoms. The van der Waals surface area contributed by atoms with E-state index in [1.54, 1.807) is 6.21 Å². The molecule has 0 saturated heterocycles. The Labute approximate surface area is 214 Å². The Hall–Kier alpha value is -3.85. The van der Waals surface area contributed by atoms with E-state index < -0.39 is 0 Å². The molecule has 1 aliphatic carbocycles. The van der Waals surface area contributed by atoms with Crippen LogP contribution in [0.2, 0.25) is 0 Å². The molecule has 1 amide bonds. The zero-order valence-corrected chi connectivity index (χ0v) is 21.8. The fraction of sp³-hybridized carbons (Fsp3) is 0.296. The van der Waals surface area contributed by atoms with Gasteiger partial charge in [0.25, 0.3) is 0 Å². The molecular formula is C27H28N6O2S. The van der Waals surface area contributed by atoms with Crippen molar-refractivity contribution in [3.63, 3.8) is 0 Å². The topological polar surface area (TPSA) is 94.3 Å². The first-order valence-electron chi connectivity index (χ1n) is 11.9. The van der Waals surface area contributed by atoms with E-state index in [1.165, 1.54) is 23.8 Å². The normalized spacial score (nSPS) is 12.6. The van der Waals surface area contributed by atoms with Crippen LogP contribution in [0.5, 0.6) is 0 Å². The fourth-order valence-corrected chi connectivity index (χ4v) is 5.41. The number of aromatic nitrogens is 4. The second-order valence-electron chi connectivity index (χ2n) is 9.19. The quantitative estimate of drug-likeness (QED) is 0.279. The summed E-state index contributed by atoms with van der Waals surface area (Å²) in [4.78, 5) is 27.2. The molecule has 3 heterocycles. The van der Waals surface area contributed by atoms with E-state index in [-0.39, 0.29) is 12.0 Å². The molecule has 0 atom stereocenters. The van der Waals surface area contributed by atoms with Crippen LogP contribution in [0.25, 0.3) is 27.5 Å². The lowest BCUT2D eigenvalue weighted by Crippen LogP contribution is -2.07. The number of fused-ring (bicyclic) bond motifs is 3. The van der Waals surface area contributed by atoms with E-state index in [1.807, 2.05) is 43.8 Å². The molecule has 1 N–H and O–H groups in total. The standard InChI is InChI=1S/C27H28N6O2S/c1-15(2)35-29-13-19-7-11-23(16(3)12-19)33-25-21(24(32-33)20-8-6-17(4)28-14-20)9-10-22-26(25)36-27(31-22)30-18(5)34/h6-8,11-15H,9-10H2,1-5H3,(H,30,31,34)/b29-13+. The third kappa shape index (κ3) is 4.66. The van der Waals surface area contributed by atoms with Gasteiger partial charge in [-0.2, -0.15) is 5.10 Å². The lowest BCUT2D eigenvalue weighted by molar-refractivity contribution is -0.114. The van der Waals surface area contributed by atoms with Crippen molar-refractivity contribution in [2.45, 2.75) is 53.6 Å². The van der Waals surface area contributed by atoms with Crippen LogP contribution in [-0.2, 0) is 22.5 Å². The van der Waals surface area contributed by atoms with Gasteiger partial charge in [-0.05, 0) is 75.9 Å². The Bertz CT molecular complexity index is 1470. The monoisotopic (exact) mass is 500 g/mol. The Morgan fingerprint density at radius 3 is 2.75 bits per heavy atom. The summed E-state index contributed by atoms with van der Waals surface area (Å²) in [6.07, 6.45) is 5.24. The number of hydrogen-bond acceptors (Lipinski definition) is 7. The minimum absolute atomic E-state index is 0.0304. The molecule has 0 unspecified atom stereocenters. The van der Waals surface area contributed by atoms with E-state index in [0.717, 1.165) is 62.9 Å². The number of nitrogens with one attached hydrogen (secondary N) is 1. The van der Waals surface area contributed by atoms with E-state index >= 15 is 0 Å². The minimum atomic E-state index is -0.129. The SMILES string of the molecule is CC(=O)Nc1nc2c(s1)-c1c(c(-c3ccc(C)nc3)nn1-c1ccc(/C=N/OC(C)C)cc1C)CC2. The number of nitrogens with zero attached hydrogens (tertiary/aromatic N) is 5. The summed E-state index contributed by atoms with van der Waals surface area (Å²) in [5.41, 5.74) is 9.03. The smallest absolute Gasteiger partial charge is 0.223 e. The zero-order chi connectivity index (χ0) is 25.4. The first-order chi connectivity index (χ1) is 17.3. The molecule has 4 aromatic rings. The van der Waals surface area contributed by atoms with Crippen molar-refractivity contribution in [2.75, 3.05) is 5.32 Å². The van der Waals surface area contributed by atoms with Gasteiger partial charge in [0, 0.05) is 29.9 Å². The van der Waals surface area contributed by atoms with Crippen molar-refractivity contribution in [3.8, 4) is 27.5 Å². The number of benzene rings is 1. The maximum atomic E-state index is 11.7. The lowest BCUT2D eigenvalue weighted by Gasteiger charge is -2.15. The zero-order valence-electron chi connectivity index (χ0n) is 21.0. The van der Waals surface area contributed by atoms with Crippen LogP contribution < -0.4 is 5.32 Å². The Morgan fingerprint density at radius 1 is 1.22 bits per heavy atom. The van der Waals surface area contributed by atoms with Gasteiger partial charge in [-0.1, -0.05) is 22.6 Å². The van der Waals surface area contributed by atoms with Crippen LogP contribution in [0.4, 0.5) is 5.13 Å². The maximum absolute atomic E-state index is 11.7. The summed E-state index contributed by atoms with van der Waals surface area (Å²) in [5, 5.41) is 12.6. The number of oxime groups is 1. The highest BCUT2D eigenvalue weighted by Crippen LogP contribution is 2.44. The molecule has 0 fully saturated rings. The van der Waals surface area contributed by atoms with Crippen molar-refractivity contribution in [1.82, 2.24) is 19.7 Å². The number of aryl methyl sites for hydroxylation is 3. The van der Waals surface area contributed by atoms with Crippen LogP contribution in [0.15, 0.2) is 41.7 Å². The summed E-state index contributed by atoms with van der Waals surface area (Å²) in [6, 6.07) is 10.2. The molecule has 8 nitrogen and oxygen atoms in total. The van der Waals surface area contributed by atoms with Gasteiger partial charge in [-0.3, -0.25) is 9.78 Å². The number of thiazole rings is 1. The lowest BCUT2D eigenvalue weighted by atomic mass is 9.95. The molecule has 0 bridgehead atoms. The molecule has 0 aliphatic heterocycles. The molecule has 36 heavy (non-hydrogen) atoms. The minimum Gasteiger partial charge on any atom is -0.393 e. The van der Waals surface area contributed by atoms with Crippen molar-refractivity contribution >= 4 is 28.6 Å². The van der Waals surface area contributed by atoms with E-state index in [4.69, 9.17) is 14.9 Å². The molecule has 1 aliphatic rings. The largest absolute Gasteiger partial charge is 0.393 e. The number of anilines is 1. The molecular weight excluding hydrogens is 472 g/mol. The average Bonchev–Trinajstić information content (AvgIpc) is 3.40. The van der Waals surface area contributed by atoms with Crippen LogP contribution in [-0.4, -0.2) is 38.0 Å². The maximum Gasteiger partial charge on any atom is 0.223 e. The third-order valence-electron chi connectivity index (χ3n) is 5.90. The molecule has 1 aromatic carbocycles. The number of rotatable bonds is 6. The van der Waals surface area contributed by atoms with Crippen molar-refractivity contribution < 1.29 is 9.63 Å². The summed E-state index contributed by atoms with van der Waals surface area (Å²) >= 11 is 1.49. The van der Waals surface area contributed by atoms with Crippen LogP contribution in [0.3, 0.4) is 0 Å². The molecule has 9 heteroatoms. The Morgan fingerprint density at radius 2 is 2.06 bits per heavy atom. The molecule has 5 rings (SSSR count). The predicted molar refractivity (Wildman–Crippen MR) is 143 cm³/mol. The summed E-state index contributed by atoms with van der Waals surface area (Å²) in [6.45, 7) is 9.43. The average molecular weight is 501 g/mol. The van der Waals surface area contributed by atoms with Gasteiger partial charge in [0.05, 0.1) is 33.9 Å². The molecule has 0 saturated carbocycles. The van der Waals surface area contributed by atoms with Gasteiger partial charge >= 0.3 is 0 Å². The fourth-order valence-electron chi connectivity index (χ4n) is 4.30. The number of hydrogen-bond donors (Lipinski definition) is 1. The van der Waals surface area contributed by atoms with Gasteiger partial charge < -0.3 is 10.2 Å². The predicted octanol–water partition coefficient (Wildman–Crippen LogP) is 5.49. The van der Waals surface area contributed by atoms with E-state index in [0.29, 0.717) is 5.13 Å². The van der Waals surface area contributed by atoms with Crippen molar-refractivity contribution in [2.24, 2.45) is 5.16 Å². The molecule has 3 aromatic heterocycles. The number of carbonyl (C=O) groups excluding carboxylic acids is 1. The van der Waals surface area contributed by atoms with Crippen molar-refractivity contribution in [3.05, 3.63) is 64.6 Å². The number of carbonyl (C=O) groups is 1. The second kappa shape index (κ2) is 9.66. The third-order valence-corrected chi connectivity index (χ3v) is 6.92. The highest BCUT2D eigenvalue weighted by atomic mass is 32.1. The summed E-state index contributed by atoms with van der Waals surface area (Å²) < 4.78 is 2.01. The van der Waals surface area contributed by atoms with E-state index in [9.17, 15) is 4.79 Å². The number of amides is 1. The van der Waals surface area contributed by atoms with Crippen LogP contribution in [0, 0.1) is 13.8 Å².